The van der Waals surface area contributed by atoms with E-state index in [0.29, 0.717) is 50.4 Å². The van der Waals surface area contributed by atoms with E-state index in [1.54, 1.807) is 23.1 Å². The van der Waals surface area contributed by atoms with Crippen molar-refractivity contribution in [1.29, 1.82) is 0 Å². The Bertz CT molecular complexity index is 1210. The number of hydrogen-bond acceptors (Lipinski definition) is 5. The van der Waals surface area contributed by atoms with Crippen LogP contribution in [-0.2, 0) is 14.8 Å². The second-order valence-corrected chi connectivity index (χ2v) is 10.2. The van der Waals surface area contributed by atoms with Crippen molar-refractivity contribution in [3.8, 4) is 0 Å². The van der Waals surface area contributed by atoms with Crippen LogP contribution in [0, 0.1) is 17.6 Å². The second kappa shape index (κ2) is 8.40. The Kier molecular flexibility index (Phi) is 5.55. The number of amides is 1. The van der Waals surface area contributed by atoms with Gasteiger partial charge in [0.1, 0.15) is 10.6 Å². The van der Waals surface area contributed by atoms with E-state index in [2.05, 4.69) is 9.71 Å². The third-order valence-corrected chi connectivity index (χ3v) is 7.81. The molecule has 0 radical (unpaired) electrons. The monoisotopic (exact) mass is 474 g/mol. The van der Waals surface area contributed by atoms with Crippen LogP contribution in [0.2, 0.25) is 0 Å². The Labute approximate surface area is 191 Å². The Morgan fingerprint density at radius 1 is 0.970 bits per heavy atom. The van der Waals surface area contributed by atoms with Gasteiger partial charge in [0.2, 0.25) is 5.91 Å². The Morgan fingerprint density at radius 3 is 2.27 bits per heavy atom. The summed E-state index contributed by atoms with van der Waals surface area (Å²) in [6.07, 6.45) is 2.76. The van der Waals surface area contributed by atoms with Crippen LogP contribution in [-0.4, -0.2) is 51.2 Å². The Morgan fingerprint density at radius 2 is 1.61 bits per heavy atom. The van der Waals surface area contributed by atoms with Crippen LogP contribution >= 0.6 is 0 Å². The van der Waals surface area contributed by atoms with Gasteiger partial charge < -0.3 is 15.1 Å². The van der Waals surface area contributed by atoms with E-state index < -0.39 is 21.7 Å². The minimum atomic E-state index is -3.70. The molecule has 3 aliphatic heterocycles. The highest BCUT2D eigenvalue weighted by molar-refractivity contribution is 7.90. The highest BCUT2D eigenvalue weighted by Crippen LogP contribution is 2.32. The van der Waals surface area contributed by atoms with Crippen LogP contribution < -0.4 is 10.2 Å². The van der Waals surface area contributed by atoms with Crippen molar-refractivity contribution in [3.05, 3.63) is 53.6 Å². The fraction of sp³-hybridized carbons (Fsp3) is 0.391. The summed E-state index contributed by atoms with van der Waals surface area (Å²) in [5, 5.41) is 2.64. The first kappa shape index (κ1) is 21.8. The number of nitrogens with one attached hydrogen (secondary N) is 1. The summed E-state index contributed by atoms with van der Waals surface area (Å²) in [4.78, 5) is 16.5. The van der Waals surface area contributed by atoms with Crippen molar-refractivity contribution in [2.45, 2.75) is 30.6 Å². The number of hydrogen-bond donors (Lipinski definition) is 1. The molecule has 0 unspecified atom stereocenters. The molecule has 174 valence electrons. The zero-order chi connectivity index (χ0) is 23.2. The maximum atomic E-state index is 14.6. The molecule has 0 aliphatic carbocycles. The molecule has 2 saturated heterocycles. The van der Waals surface area contributed by atoms with Crippen LogP contribution in [0.5, 0.6) is 0 Å². The fourth-order valence-corrected chi connectivity index (χ4v) is 6.02. The minimum absolute atomic E-state index is 0.0358. The number of rotatable bonds is 3. The average molecular weight is 475 g/mol. The quantitative estimate of drug-likeness (QED) is 0.738. The molecule has 0 saturated carbocycles. The number of likely N-dealkylation sites (tertiary alicyclic amines) is 1. The van der Waals surface area contributed by atoms with Crippen molar-refractivity contribution in [2.24, 2.45) is 10.3 Å². The number of carbonyl (C=O) groups excluding carboxylic acids is 1. The lowest BCUT2D eigenvalue weighted by atomic mass is 9.95. The van der Waals surface area contributed by atoms with Crippen molar-refractivity contribution in [3.63, 3.8) is 0 Å². The summed E-state index contributed by atoms with van der Waals surface area (Å²) in [5.74, 6) is -1.60. The number of nitrogens with zero attached hydrogens (tertiary/aromatic N) is 3. The molecule has 2 fully saturated rings. The number of sulfonamides is 1. The van der Waals surface area contributed by atoms with Crippen molar-refractivity contribution in [1.82, 2.24) is 4.90 Å². The summed E-state index contributed by atoms with van der Waals surface area (Å²) < 4.78 is 57.7. The molecule has 10 heteroatoms. The van der Waals surface area contributed by atoms with E-state index in [1.807, 2.05) is 4.90 Å². The van der Waals surface area contributed by atoms with Crippen LogP contribution in [0.15, 0.2) is 45.7 Å². The number of anilines is 2. The van der Waals surface area contributed by atoms with Gasteiger partial charge in [-0.2, -0.15) is 8.42 Å². The molecular formula is C23H24F2N4O3S. The van der Waals surface area contributed by atoms with E-state index in [4.69, 9.17) is 0 Å². The third kappa shape index (κ3) is 4.07. The smallest absolute Gasteiger partial charge is 0.285 e. The first-order valence-electron chi connectivity index (χ1n) is 11.1. The van der Waals surface area contributed by atoms with E-state index >= 15 is 0 Å². The topological polar surface area (TPSA) is 82.1 Å². The molecule has 3 aliphatic rings. The number of benzene rings is 2. The van der Waals surface area contributed by atoms with Gasteiger partial charge in [-0.05, 0) is 49.9 Å². The third-order valence-electron chi connectivity index (χ3n) is 6.48. The van der Waals surface area contributed by atoms with Gasteiger partial charge in [-0.15, -0.1) is 4.40 Å². The lowest BCUT2D eigenvalue weighted by molar-refractivity contribution is -0.120. The standard InChI is InChI=1S/C23H24F2N4O3S/c24-18-13-16(14-19(25)21(18)28-9-3-4-10-28)26-23(30)15-7-11-29(12-8-15)22-17-5-1-2-6-20(17)33(31,32)27-22/h1-2,5-6,13-15H,3-4,7-12H2,(H,26,30). The number of halogens is 2. The highest BCUT2D eigenvalue weighted by Gasteiger charge is 2.34. The molecule has 2 aromatic carbocycles. The summed E-state index contributed by atoms with van der Waals surface area (Å²) in [6, 6.07) is 9.02. The molecule has 0 spiro atoms. The fourth-order valence-electron chi connectivity index (χ4n) is 4.79. The zero-order valence-electron chi connectivity index (χ0n) is 17.9. The van der Waals surface area contributed by atoms with Crippen LogP contribution in [0.3, 0.4) is 0 Å². The SMILES string of the molecule is O=C(Nc1cc(F)c(N2CCCC2)c(F)c1)C1CCN(C2=NS(=O)(=O)c3ccccc32)CC1. The molecule has 0 atom stereocenters. The molecule has 33 heavy (non-hydrogen) atoms. The van der Waals surface area contributed by atoms with Gasteiger partial charge in [0.25, 0.3) is 10.0 Å². The van der Waals surface area contributed by atoms with E-state index in [0.717, 1.165) is 12.8 Å². The van der Waals surface area contributed by atoms with Crippen LogP contribution in [0.4, 0.5) is 20.2 Å². The molecule has 0 aromatic heterocycles. The zero-order valence-corrected chi connectivity index (χ0v) is 18.7. The van der Waals surface area contributed by atoms with Crippen molar-refractivity contribution in [2.75, 3.05) is 36.4 Å². The molecule has 7 nitrogen and oxygen atoms in total. The molecule has 3 heterocycles. The molecule has 1 amide bonds. The summed E-state index contributed by atoms with van der Waals surface area (Å²) in [7, 11) is -3.70. The number of carbonyl (C=O) groups is 1. The van der Waals surface area contributed by atoms with Gasteiger partial charge in [0.15, 0.2) is 17.5 Å². The molecule has 5 rings (SSSR count). The number of amidine groups is 1. The Hall–Kier alpha value is -3.01. The largest absolute Gasteiger partial charge is 0.367 e. The summed E-state index contributed by atoms with van der Waals surface area (Å²) >= 11 is 0. The van der Waals surface area contributed by atoms with Gasteiger partial charge in [-0.25, -0.2) is 8.78 Å². The van der Waals surface area contributed by atoms with E-state index in [1.165, 1.54) is 18.2 Å². The van der Waals surface area contributed by atoms with E-state index in [9.17, 15) is 22.0 Å². The van der Waals surface area contributed by atoms with Gasteiger partial charge in [-0.3, -0.25) is 4.79 Å². The maximum Gasteiger partial charge on any atom is 0.285 e. The summed E-state index contributed by atoms with van der Waals surface area (Å²) in [5.41, 5.74) is 0.636. The predicted octanol–water partition coefficient (Wildman–Crippen LogP) is 3.36. The number of piperidine rings is 1. The normalized spacial score (nSPS) is 20.0. The lowest BCUT2D eigenvalue weighted by Gasteiger charge is -2.32. The van der Waals surface area contributed by atoms with Gasteiger partial charge in [0, 0.05) is 43.3 Å². The number of fused-ring (bicyclic) bond motifs is 1. The van der Waals surface area contributed by atoms with Gasteiger partial charge >= 0.3 is 0 Å². The molecular weight excluding hydrogens is 450 g/mol. The van der Waals surface area contributed by atoms with Gasteiger partial charge in [0.05, 0.1) is 0 Å². The first-order chi connectivity index (χ1) is 15.8. The van der Waals surface area contributed by atoms with Crippen LogP contribution in [0.25, 0.3) is 0 Å². The minimum Gasteiger partial charge on any atom is -0.367 e. The van der Waals surface area contributed by atoms with Crippen molar-refractivity contribution < 1.29 is 22.0 Å². The first-order valence-corrected chi connectivity index (χ1v) is 12.5. The summed E-state index contributed by atoms with van der Waals surface area (Å²) in [6.45, 7) is 2.15. The van der Waals surface area contributed by atoms with E-state index in [-0.39, 0.29) is 28.1 Å². The molecule has 2 aromatic rings. The predicted molar refractivity (Wildman–Crippen MR) is 121 cm³/mol. The van der Waals surface area contributed by atoms with Crippen LogP contribution in [0.1, 0.15) is 31.2 Å². The van der Waals surface area contributed by atoms with Crippen molar-refractivity contribution >= 4 is 33.1 Å². The average Bonchev–Trinajstić information content (AvgIpc) is 3.40. The molecule has 0 bridgehead atoms. The Balaban J connectivity index is 1.24. The second-order valence-electron chi connectivity index (χ2n) is 8.62. The molecule has 1 N–H and O–H groups in total. The lowest BCUT2D eigenvalue weighted by Crippen LogP contribution is -2.41. The maximum absolute atomic E-state index is 14.6. The highest BCUT2D eigenvalue weighted by atomic mass is 32.2. The van der Waals surface area contributed by atoms with Gasteiger partial charge in [-0.1, -0.05) is 12.1 Å².